The second-order valence-corrected chi connectivity index (χ2v) is 11.1. The van der Waals surface area contributed by atoms with E-state index in [0.717, 1.165) is 5.56 Å². The molecule has 280 valence electrons. The van der Waals surface area contributed by atoms with Gasteiger partial charge in [0.05, 0.1) is 52.9 Å². The van der Waals surface area contributed by atoms with Crippen molar-refractivity contribution in [3.05, 3.63) is 112 Å². The first kappa shape index (κ1) is 39.9. The maximum Gasteiger partial charge on any atom is 0.251 e. The Morgan fingerprint density at radius 3 is 1.70 bits per heavy atom. The van der Waals surface area contributed by atoms with Gasteiger partial charge in [0, 0.05) is 54.4 Å². The molecule has 0 aliphatic rings. The molecule has 4 rings (SSSR count). The van der Waals surface area contributed by atoms with Crippen molar-refractivity contribution >= 4 is 35.3 Å². The summed E-state index contributed by atoms with van der Waals surface area (Å²) < 4.78 is 21.9. The lowest BCUT2D eigenvalue weighted by Gasteiger charge is -2.12. The minimum absolute atomic E-state index is 0.135. The summed E-state index contributed by atoms with van der Waals surface area (Å²) >= 11 is 0. The van der Waals surface area contributed by atoms with Crippen molar-refractivity contribution in [2.75, 3.05) is 95.0 Å². The van der Waals surface area contributed by atoms with Gasteiger partial charge in [0.15, 0.2) is 0 Å². The summed E-state index contributed by atoms with van der Waals surface area (Å²) in [6, 6.07) is 25.9. The maximum atomic E-state index is 12.6. The van der Waals surface area contributed by atoms with Crippen molar-refractivity contribution in [3.8, 4) is 0 Å². The molecule has 0 spiro atoms. The molecule has 4 aromatic rings. The van der Waals surface area contributed by atoms with E-state index < -0.39 is 0 Å². The van der Waals surface area contributed by atoms with E-state index in [-0.39, 0.29) is 18.4 Å². The van der Waals surface area contributed by atoms with E-state index in [9.17, 15) is 9.59 Å². The number of aromatic nitrogens is 3. The van der Waals surface area contributed by atoms with Gasteiger partial charge in [-0.3, -0.25) is 9.59 Å². The molecule has 2 amide bonds. The number of amides is 2. The number of hydrogen-bond donors (Lipinski definition) is 5. The van der Waals surface area contributed by atoms with E-state index in [1.54, 1.807) is 36.4 Å². The first-order valence-electron chi connectivity index (χ1n) is 17.2. The molecule has 0 bridgehead atoms. The van der Waals surface area contributed by atoms with Crippen molar-refractivity contribution in [3.63, 3.8) is 0 Å². The Balaban J connectivity index is 1.18. The molecule has 0 aliphatic carbocycles. The number of nitrogens with zero attached hydrogens (tertiary/aromatic N) is 6. The van der Waals surface area contributed by atoms with Crippen molar-refractivity contribution in [2.45, 2.75) is 6.54 Å². The molecule has 1 heterocycles. The van der Waals surface area contributed by atoms with Crippen LogP contribution in [0, 0.1) is 0 Å². The standard InChI is InChI=1S/C36H45N11O6/c37-47-42-18-22-53-26-25-51-20-16-39-33(49)30-11-13-31(14-12-30)43-36-45-34(44-35(46-36)41-27-28-7-3-1-4-8-28)40-17-21-52-24-23-50-19-15-38-32(48)29-9-5-2-6-10-29/h1-14H,15-27H2,(H,38,48)(H,39,49)(H3,40,41,43,44,45,46). The van der Waals surface area contributed by atoms with E-state index in [4.69, 9.17) is 24.5 Å². The summed E-state index contributed by atoms with van der Waals surface area (Å²) in [6.07, 6.45) is 0. The van der Waals surface area contributed by atoms with Gasteiger partial charge in [0.1, 0.15) is 0 Å². The molecule has 53 heavy (non-hydrogen) atoms. The third-order valence-electron chi connectivity index (χ3n) is 7.10. The zero-order valence-corrected chi connectivity index (χ0v) is 29.4. The fraction of sp³-hybridized carbons (Fsp3) is 0.361. The first-order chi connectivity index (χ1) is 26.1. The summed E-state index contributed by atoms with van der Waals surface area (Å²) in [4.78, 5) is 40.9. The third-order valence-corrected chi connectivity index (χ3v) is 7.10. The van der Waals surface area contributed by atoms with Gasteiger partial charge in [-0.05, 0) is 47.5 Å². The molecule has 0 fully saturated rings. The molecular formula is C36H45N11O6. The average molecular weight is 728 g/mol. The summed E-state index contributed by atoms with van der Waals surface area (Å²) in [5, 5.41) is 18.6. The number of hydrogen-bond acceptors (Lipinski definition) is 13. The summed E-state index contributed by atoms with van der Waals surface area (Å²) in [5.74, 6) is 0.670. The number of rotatable bonds is 26. The van der Waals surface area contributed by atoms with Crippen molar-refractivity contribution in [1.29, 1.82) is 0 Å². The highest BCUT2D eigenvalue weighted by Crippen LogP contribution is 2.17. The van der Waals surface area contributed by atoms with E-state index >= 15 is 0 Å². The van der Waals surface area contributed by atoms with Gasteiger partial charge >= 0.3 is 0 Å². The van der Waals surface area contributed by atoms with Crippen LogP contribution in [0.15, 0.2) is 90.0 Å². The van der Waals surface area contributed by atoms with Crippen LogP contribution in [-0.4, -0.2) is 106 Å². The smallest absolute Gasteiger partial charge is 0.251 e. The molecule has 3 aromatic carbocycles. The molecule has 17 heteroatoms. The molecule has 1 aromatic heterocycles. The Morgan fingerprint density at radius 1 is 0.585 bits per heavy atom. The van der Waals surface area contributed by atoms with E-state index in [1.165, 1.54) is 0 Å². The normalized spacial score (nSPS) is 10.6. The highest BCUT2D eigenvalue weighted by Gasteiger charge is 2.10. The van der Waals surface area contributed by atoms with Crippen molar-refractivity contribution in [2.24, 2.45) is 5.11 Å². The predicted molar refractivity (Wildman–Crippen MR) is 200 cm³/mol. The summed E-state index contributed by atoms with van der Waals surface area (Å²) in [5.41, 5.74) is 11.1. The van der Waals surface area contributed by atoms with Crippen LogP contribution in [0.3, 0.4) is 0 Å². The molecule has 0 saturated heterocycles. The second kappa shape index (κ2) is 24.4. The number of ether oxygens (including phenoxy) is 4. The number of carbonyl (C=O) groups excluding carboxylic acids is 2. The number of nitrogens with one attached hydrogen (secondary N) is 5. The monoisotopic (exact) mass is 727 g/mol. The number of azide groups is 1. The van der Waals surface area contributed by atoms with Gasteiger partial charge in [0.2, 0.25) is 17.8 Å². The molecule has 5 N–H and O–H groups in total. The van der Waals surface area contributed by atoms with E-state index in [0.29, 0.717) is 114 Å². The van der Waals surface area contributed by atoms with Crippen LogP contribution in [0.1, 0.15) is 26.3 Å². The van der Waals surface area contributed by atoms with Gasteiger partial charge < -0.3 is 45.5 Å². The summed E-state index contributed by atoms with van der Waals surface area (Å²) in [7, 11) is 0. The maximum absolute atomic E-state index is 12.6. The predicted octanol–water partition coefficient (Wildman–Crippen LogP) is 4.18. The van der Waals surface area contributed by atoms with Gasteiger partial charge in [-0.15, -0.1) is 0 Å². The van der Waals surface area contributed by atoms with Crippen LogP contribution >= 0.6 is 0 Å². The van der Waals surface area contributed by atoms with E-state index in [2.05, 4.69) is 51.6 Å². The molecule has 0 atom stereocenters. The van der Waals surface area contributed by atoms with Crippen molar-refractivity contribution < 1.29 is 28.5 Å². The largest absolute Gasteiger partial charge is 0.379 e. The molecular weight excluding hydrogens is 682 g/mol. The summed E-state index contributed by atoms with van der Waals surface area (Å²) in [6.45, 7) is 4.94. The van der Waals surface area contributed by atoms with Gasteiger partial charge in [-0.25, -0.2) is 0 Å². The Bertz CT molecular complexity index is 1700. The molecule has 0 saturated carbocycles. The highest BCUT2D eigenvalue weighted by molar-refractivity contribution is 5.94. The minimum atomic E-state index is -0.231. The Kier molecular flexibility index (Phi) is 18.4. The first-order valence-corrected chi connectivity index (χ1v) is 17.2. The molecule has 0 aliphatic heterocycles. The lowest BCUT2D eigenvalue weighted by atomic mass is 10.2. The van der Waals surface area contributed by atoms with Crippen LogP contribution in [0.2, 0.25) is 0 Å². The quantitative estimate of drug-likeness (QED) is 0.0266. The molecule has 0 radical (unpaired) electrons. The molecule has 17 nitrogen and oxygen atoms in total. The number of anilines is 4. The van der Waals surface area contributed by atoms with Crippen LogP contribution < -0.4 is 26.6 Å². The van der Waals surface area contributed by atoms with E-state index in [1.807, 2.05) is 48.5 Å². The lowest BCUT2D eigenvalue weighted by molar-refractivity contribution is 0.0511. The van der Waals surface area contributed by atoms with Crippen LogP contribution in [0.4, 0.5) is 23.5 Å². The Morgan fingerprint density at radius 2 is 1.09 bits per heavy atom. The zero-order chi connectivity index (χ0) is 37.2. The minimum Gasteiger partial charge on any atom is -0.379 e. The number of carbonyl (C=O) groups is 2. The highest BCUT2D eigenvalue weighted by atomic mass is 16.5. The Labute approximate surface area is 307 Å². The van der Waals surface area contributed by atoms with Crippen LogP contribution in [-0.2, 0) is 25.5 Å². The van der Waals surface area contributed by atoms with Gasteiger partial charge in [-0.2, -0.15) is 15.0 Å². The fourth-order valence-electron chi connectivity index (χ4n) is 4.50. The Hall–Kier alpha value is -5.84. The average Bonchev–Trinajstić information content (AvgIpc) is 3.19. The fourth-order valence-corrected chi connectivity index (χ4v) is 4.50. The van der Waals surface area contributed by atoms with Crippen LogP contribution in [0.25, 0.3) is 10.4 Å². The number of benzene rings is 3. The zero-order valence-electron chi connectivity index (χ0n) is 29.4. The van der Waals surface area contributed by atoms with Gasteiger partial charge in [0.25, 0.3) is 11.8 Å². The van der Waals surface area contributed by atoms with Crippen LogP contribution in [0.5, 0.6) is 0 Å². The van der Waals surface area contributed by atoms with Gasteiger partial charge in [-0.1, -0.05) is 53.6 Å². The molecule has 0 unspecified atom stereocenters. The SMILES string of the molecule is [N-]=[N+]=NCCOCCOCCNC(=O)c1ccc(Nc2nc(NCCOCCOCCNC(=O)c3ccccc3)nc(NCc3ccccc3)n2)cc1. The third kappa shape index (κ3) is 16.4. The van der Waals surface area contributed by atoms with Crippen molar-refractivity contribution in [1.82, 2.24) is 25.6 Å². The topological polar surface area (TPSA) is 219 Å². The second-order valence-electron chi connectivity index (χ2n) is 11.1. The lowest BCUT2D eigenvalue weighted by Crippen LogP contribution is -2.27.